The normalized spacial score (nSPS) is 11.9. The number of benzene rings is 2. The Kier molecular flexibility index (Phi) is 6.02. The largest absolute Gasteiger partial charge is 0.506 e. The number of hydrogen-bond donors (Lipinski definition) is 3. The Morgan fingerprint density at radius 2 is 1.92 bits per heavy atom. The first-order valence-corrected chi connectivity index (χ1v) is 8.10. The number of imide groups is 1. The molecule has 2 aromatic carbocycles. The first kappa shape index (κ1) is 19.2. The van der Waals surface area contributed by atoms with Crippen LogP contribution in [0.3, 0.4) is 0 Å². The van der Waals surface area contributed by atoms with Gasteiger partial charge < -0.3 is 10.2 Å². The number of nitrogens with zero attached hydrogens (tertiary/aromatic N) is 1. The van der Waals surface area contributed by atoms with Crippen LogP contribution >= 0.6 is 23.2 Å². The number of phenols is 1. The Labute approximate surface area is 154 Å². The molecule has 0 aliphatic heterocycles. The summed E-state index contributed by atoms with van der Waals surface area (Å²) in [5, 5.41) is 20.5. The number of aromatic hydroxyl groups is 1. The molecule has 2 aromatic rings. The minimum Gasteiger partial charge on any atom is -0.506 e. The third-order valence-corrected chi connectivity index (χ3v) is 4.32. The van der Waals surface area contributed by atoms with Crippen LogP contribution in [0.15, 0.2) is 36.4 Å². The van der Waals surface area contributed by atoms with Crippen LogP contribution in [0.25, 0.3) is 0 Å². The molecule has 0 spiro atoms. The SMILES string of the molecule is CCc1c(C(=O)N(N)C(=O)C(O)c2cccc(Cl)c2)ccc(O)c1Cl. The van der Waals surface area contributed by atoms with E-state index in [0.29, 0.717) is 22.0 Å². The van der Waals surface area contributed by atoms with Gasteiger partial charge in [-0.2, -0.15) is 0 Å². The molecule has 2 amide bonds. The molecule has 132 valence electrons. The molecule has 6 nitrogen and oxygen atoms in total. The Bertz CT molecular complexity index is 826. The second-order valence-electron chi connectivity index (χ2n) is 5.25. The van der Waals surface area contributed by atoms with Crippen molar-refractivity contribution < 1.29 is 19.8 Å². The van der Waals surface area contributed by atoms with Crippen molar-refractivity contribution in [2.75, 3.05) is 0 Å². The molecule has 0 fully saturated rings. The first-order chi connectivity index (χ1) is 11.8. The number of phenolic OH excluding ortho intramolecular Hbond substituents is 1. The molecular weight excluding hydrogens is 367 g/mol. The summed E-state index contributed by atoms with van der Waals surface area (Å²) in [5.74, 6) is 3.58. The Morgan fingerprint density at radius 1 is 1.24 bits per heavy atom. The zero-order chi connectivity index (χ0) is 18.7. The van der Waals surface area contributed by atoms with E-state index in [2.05, 4.69) is 0 Å². The van der Waals surface area contributed by atoms with Crippen molar-refractivity contribution in [3.05, 3.63) is 63.1 Å². The maximum absolute atomic E-state index is 12.5. The molecule has 1 atom stereocenters. The molecule has 8 heteroatoms. The highest BCUT2D eigenvalue weighted by Gasteiger charge is 2.29. The van der Waals surface area contributed by atoms with E-state index in [0.717, 1.165) is 0 Å². The van der Waals surface area contributed by atoms with Crippen molar-refractivity contribution in [2.24, 2.45) is 5.84 Å². The zero-order valence-electron chi connectivity index (χ0n) is 13.2. The van der Waals surface area contributed by atoms with Gasteiger partial charge in [0, 0.05) is 10.6 Å². The number of nitrogens with two attached hydrogens (primary N) is 1. The van der Waals surface area contributed by atoms with Crippen LogP contribution in [-0.2, 0) is 11.2 Å². The van der Waals surface area contributed by atoms with Crippen LogP contribution in [0.1, 0.15) is 34.5 Å². The molecule has 0 aliphatic carbocycles. The molecule has 25 heavy (non-hydrogen) atoms. The van der Waals surface area contributed by atoms with Crippen molar-refractivity contribution in [3.8, 4) is 5.75 Å². The van der Waals surface area contributed by atoms with E-state index in [1.165, 1.54) is 24.3 Å². The lowest BCUT2D eigenvalue weighted by molar-refractivity contribution is -0.138. The fraction of sp³-hybridized carbons (Fsp3) is 0.176. The van der Waals surface area contributed by atoms with Crippen LogP contribution in [-0.4, -0.2) is 27.0 Å². The minimum atomic E-state index is -1.65. The average molecular weight is 383 g/mol. The van der Waals surface area contributed by atoms with E-state index >= 15 is 0 Å². The highest BCUT2D eigenvalue weighted by Crippen LogP contribution is 2.31. The zero-order valence-corrected chi connectivity index (χ0v) is 14.8. The van der Waals surface area contributed by atoms with Gasteiger partial charge in [0.25, 0.3) is 11.8 Å². The van der Waals surface area contributed by atoms with Crippen LogP contribution in [0, 0.1) is 0 Å². The predicted octanol–water partition coefficient (Wildman–Crippen LogP) is 2.84. The molecule has 0 radical (unpaired) electrons. The number of rotatable bonds is 4. The van der Waals surface area contributed by atoms with E-state index in [-0.39, 0.29) is 21.9 Å². The number of halogens is 2. The lowest BCUT2D eigenvalue weighted by Gasteiger charge is -2.20. The number of hydrogen-bond acceptors (Lipinski definition) is 5. The molecule has 4 N–H and O–H groups in total. The van der Waals surface area contributed by atoms with Crippen molar-refractivity contribution in [2.45, 2.75) is 19.4 Å². The molecule has 0 saturated carbocycles. The summed E-state index contributed by atoms with van der Waals surface area (Å²) in [6.45, 7) is 1.74. The molecule has 2 rings (SSSR count). The van der Waals surface area contributed by atoms with Gasteiger partial charge >= 0.3 is 0 Å². The van der Waals surface area contributed by atoms with E-state index in [1.54, 1.807) is 19.1 Å². The summed E-state index contributed by atoms with van der Waals surface area (Å²) in [6, 6.07) is 8.59. The Balaban J connectivity index is 2.31. The second-order valence-corrected chi connectivity index (χ2v) is 6.06. The monoisotopic (exact) mass is 382 g/mol. The maximum Gasteiger partial charge on any atom is 0.277 e. The number of hydrazine groups is 1. The molecule has 1 unspecified atom stereocenters. The first-order valence-electron chi connectivity index (χ1n) is 7.34. The summed E-state index contributed by atoms with van der Waals surface area (Å²) in [7, 11) is 0. The van der Waals surface area contributed by atoms with Gasteiger partial charge in [-0.3, -0.25) is 9.59 Å². The molecule has 0 aliphatic rings. The predicted molar refractivity (Wildman–Crippen MR) is 94.3 cm³/mol. The average Bonchev–Trinajstić information content (AvgIpc) is 2.61. The van der Waals surface area contributed by atoms with E-state index in [4.69, 9.17) is 29.0 Å². The number of aliphatic hydroxyl groups is 1. The Hall–Kier alpha value is -2.12. The number of carbonyl (C=O) groups excluding carboxylic acids is 2. The minimum absolute atomic E-state index is 0.0181. The van der Waals surface area contributed by atoms with Crippen molar-refractivity contribution >= 4 is 35.0 Å². The van der Waals surface area contributed by atoms with Crippen LogP contribution < -0.4 is 5.84 Å². The molecule has 0 aromatic heterocycles. The third kappa shape index (κ3) is 3.93. The summed E-state index contributed by atoms with van der Waals surface area (Å²) in [6.07, 6.45) is -1.31. The maximum atomic E-state index is 12.5. The lowest BCUT2D eigenvalue weighted by Crippen LogP contribution is -2.45. The Morgan fingerprint density at radius 3 is 2.52 bits per heavy atom. The third-order valence-electron chi connectivity index (χ3n) is 3.66. The second kappa shape index (κ2) is 7.84. The summed E-state index contributed by atoms with van der Waals surface area (Å²) in [4.78, 5) is 24.9. The highest BCUT2D eigenvalue weighted by atomic mass is 35.5. The highest BCUT2D eigenvalue weighted by molar-refractivity contribution is 6.33. The van der Waals surface area contributed by atoms with Gasteiger partial charge in [0.05, 0.1) is 5.02 Å². The van der Waals surface area contributed by atoms with E-state index < -0.39 is 17.9 Å². The molecule has 0 heterocycles. The van der Waals surface area contributed by atoms with E-state index in [1.807, 2.05) is 0 Å². The molecular formula is C17H16Cl2N2O4. The van der Waals surface area contributed by atoms with Gasteiger partial charge in [0.2, 0.25) is 0 Å². The molecule has 0 saturated heterocycles. The van der Waals surface area contributed by atoms with E-state index in [9.17, 15) is 19.8 Å². The van der Waals surface area contributed by atoms with Crippen molar-refractivity contribution in [1.82, 2.24) is 5.01 Å². The van der Waals surface area contributed by atoms with Crippen LogP contribution in [0.4, 0.5) is 0 Å². The number of carbonyl (C=O) groups is 2. The fourth-order valence-electron chi connectivity index (χ4n) is 2.34. The summed E-state index contributed by atoms with van der Waals surface area (Å²) >= 11 is 11.8. The van der Waals surface area contributed by atoms with Gasteiger partial charge in [-0.25, -0.2) is 10.9 Å². The van der Waals surface area contributed by atoms with Crippen LogP contribution in [0.5, 0.6) is 5.75 Å². The van der Waals surface area contributed by atoms with Gasteiger partial charge in [-0.1, -0.05) is 42.3 Å². The smallest absolute Gasteiger partial charge is 0.277 e. The topological polar surface area (TPSA) is 104 Å². The van der Waals surface area contributed by atoms with Gasteiger partial charge in [-0.15, -0.1) is 0 Å². The van der Waals surface area contributed by atoms with Gasteiger partial charge in [0.15, 0.2) is 6.10 Å². The number of aliphatic hydroxyl groups excluding tert-OH is 1. The van der Waals surface area contributed by atoms with Crippen molar-refractivity contribution in [1.29, 1.82) is 0 Å². The number of amides is 2. The lowest BCUT2D eigenvalue weighted by atomic mass is 10.0. The van der Waals surface area contributed by atoms with Gasteiger partial charge in [-0.05, 0) is 41.8 Å². The fourth-order valence-corrected chi connectivity index (χ4v) is 2.83. The quantitative estimate of drug-likeness (QED) is 0.428. The molecule has 0 bridgehead atoms. The summed E-state index contributed by atoms with van der Waals surface area (Å²) < 4.78 is 0. The van der Waals surface area contributed by atoms with Gasteiger partial charge in [0.1, 0.15) is 5.75 Å². The van der Waals surface area contributed by atoms with Crippen LogP contribution in [0.2, 0.25) is 10.0 Å². The summed E-state index contributed by atoms with van der Waals surface area (Å²) in [5.41, 5.74) is 0.631. The van der Waals surface area contributed by atoms with Crippen molar-refractivity contribution in [3.63, 3.8) is 0 Å². The standard InChI is InChI=1S/C17H16Cl2N2O4/c1-2-11-12(6-7-13(22)14(11)19)16(24)21(20)17(25)15(23)9-4-3-5-10(18)8-9/h3-8,15,22-23H,2,20H2,1H3.